The first-order valence-corrected chi connectivity index (χ1v) is 13.3. The summed E-state index contributed by atoms with van der Waals surface area (Å²) in [6, 6.07) is 19.8. The zero-order chi connectivity index (χ0) is 25.4. The lowest BCUT2D eigenvalue weighted by Gasteiger charge is -2.33. The third-order valence-corrected chi connectivity index (χ3v) is 7.72. The molecule has 3 aromatic carbocycles. The molecule has 1 aliphatic carbocycles. The minimum absolute atomic E-state index is 0.0662. The highest BCUT2D eigenvalue weighted by atomic mass is 19.1. The molecule has 1 unspecified atom stereocenters. The Balaban J connectivity index is 1.45. The van der Waals surface area contributed by atoms with Gasteiger partial charge >= 0.3 is 0 Å². The zero-order valence-corrected chi connectivity index (χ0v) is 21.2. The van der Waals surface area contributed by atoms with Gasteiger partial charge in [0, 0.05) is 19.6 Å². The average molecular weight is 498 g/mol. The van der Waals surface area contributed by atoms with Crippen molar-refractivity contribution in [2.24, 2.45) is 11.8 Å². The lowest BCUT2D eigenvalue weighted by Crippen LogP contribution is -2.39. The van der Waals surface area contributed by atoms with Crippen molar-refractivity contribution in [1.29, 1.82) is 0 Å². The molecular formula is C31H32FN3O2. The SMILES string of the molecule is COc1ccccc1-c1nc2ccc(-c3cccc(F)c3)cc2c(=O)n1CC1CCCN(CC2CC2)C1. The molecular weight excluding hydrogens is 465 g/mol. The summed E-state index contributed by atoms with van der Waals surface area (Å²) in [6.45, 7) is 3.95. The fraction of sp³-hybridized carbons (Fsp3) is 0.355. The van der Waals surface area contributed by atoms with Crippen LogP contribution in [0.4, 0.5) is 4.39 Å². The monoisotopic (exact) mass is 497 g/mol. The van der Waals surface area contributed by atoms with E-state index in [0.717, 1.165) is 48.5 Å². The number of likely N-dealkylation sites (tertiary alicyclic amines) is 1. The van der Waals surface area contributed by atoms with Gasteiger partial charge < -0.3 is 9.64 Å². The van der Waals surface area contributed by atoms with Crippen LogP contribution in [0.3, 0.4) is 0 Å². The second kappa shape index (κ2) is 10.1. The molecule has 190 valence electrons. The van der Waals surface area contributed by atoms with Gasteiger partial charge in [-0.25, -0.2) is 9.37 Å². The van der Waals surface area contributed by atoms with E-state index in [1.54, 1.807) is 13.2 Å². The lowest BCUT2D eigenvalue weighted by molar-refractivity contribution is 0.156. The first-order chi connectivity index (χ1) is 18.1. The molecule has 1 aromatic heterocycles. The highest BCUT2D eigenvalue weighted by Gasteiger charge is 2.28. The molecule has 6 rings (SSSR count). The molecule has 1 saturated carbocycles. The number of para-hydroxylation sites is 1. The maximum atomic E-state index is 14.1. The molecule has 4 aromatic rings. The van der Waals surface area contributed by atoms with E-state index in [0.29, 0.717) is 34.9 Å². The van der Waals surface area contributed by atoms with E-state index in [9.17, 15) is 9.18 Å². The fourth-order valence-corrected chi connectivity index (χ4v) is 5.66. The van der Waals surface area contributed by atoms with Crippen molar-refractivity contribution < 1.29 is 9.13 Å². The van der Waals surface area contributed by atoms with Crippen molar-refractivity contribution in [3.05, 3.63) is 82.9 Å². The second-order valence-electron chi connectivity index (χ2n) is 10.5. The topological polar surface area (TPSA) is 47.4 Å². The quantitative estimate of drug-likeness (QED) is 0.314. The van der Waals surface area contributed by atoms with Crippen LogP contribution in [-0.4, -0.2) is 41.2 Å². The van der Waals surface area contributed by atoms with Crippen molar-refractivity contribution in [2.75, 3.05) is 26.7 Å². The van der Waals surface area contributed by atoms with E-state index in [-0.39, 0.29) is 11.4 Å². The number of fused-ring (bicyclic) bond motifs is 1. The Bertz CT molecular complexity index is 1490. The van der Waals surface area contributed by atoms with Crippen LogP contribution < -0.4 is 10.3 Å². The van der Waals surface area contributed by atoms with Crippen LogP contribution in [0.2, 0.25) is 0 Å². The molecule has 2 heterocycles. The summed E-state index contributed by atoms with van der Waals surface area (Å²) in [4.78, 5) is 21.7. The Morgan fingerprint density at radius 1 is 0.946 bits per heavy atom. The van der Waals surface area contributed by atoms with Gasteiger partial charge in [-0.15, -0.1) is 0 Å². The average Bonchev–Trinajstić information content (AvgIpc) is 3.74. The van der Waals surface area contributed by atoms with Gasteiger partial charge in [0.2, 0.25) is 0 Å². The van der Waals surface area contributed by atoms with Crippen LogP contribution in [0.1, 0.15) is 25.7 Å². The summed E-state index contributed by atoms with van der Waals surface area (Å²) in [5.41, 5.74) is 2.91. The van der Waals surface area contributed by atoms with Crippen LogP contribution in [0, 0.1) is 17.7 Å². The molecule has 0 N–H and O–H groups in total. The fourth-order valence-electron chi connectivity index (χ4n) is 5.66. The van der Waals surface area contributed by atoms with E-state index in [1.165, 1.54) is 31.5 Å². The largest absolute Gasteiger partial charge is 0.496 e. The van der Waals surface area contributed by atoms with E-state index in [1.807, 2.05) is 53.1 Å². The molecule has 2 fully saturated rings. The number of hydrogen-bond donors (Lipinski definition) is 0. The van der Waals surface area contributed by atoms with Crippen molar-refractivity contribution in [2.45, 2.75) is 32.2 Å². The number of ether oxygens (including phenoxy) is 1. The Kier molecular flexibility index (Phi) is 6.51. The predicted octanol–water partition coefficient (Wildman–Crippen LogP) is 6.00. The molecule has 1 atom stereocenters. The smallest absolute Gasteiger partial charge is 0.261 e. The lowest BCUT2D eigenvalue weighted by atomic mass is 9.97. The molecule has 0 bridgehead atoms. The minimum Gasteiger partial charge on any atom is -0.496 e. The van der Waals surface area contributed by atoms with E-state index in [2.05, 4.69) is 4.90 Å². The number of hydrogen-bond acceptors (Lipinski definition) is 4. The van der Waals surface area contributed by atoms with Gasteiger partial charge in [0.1, 0.15) is 17.4 Å². The van der Waals surface area contributed by atoms with Crippen molar-refractivity contribution in [3.63, 3.8) is 0 Å². The Morgan fingerprint density at radius 2 is 1.78 bits per heavy atom. The van der Waals surface area contributed by atoms with E-state index >= 15 is 0 Å². The van der Waals surface area contributed by atoms with Gasteiger partial charge in [0.15, 0.2) is 0 Å². The van der Waals surface area contributed by atoms with Crippen molar-refractivity contribution >= 4 is 10.9 Å². The molecule has 1 saturated heterocycles. The minimum atomic E-state index is -0.298. The molecule has 0 radical (unpaired) electrons. The molecule has 1 aliphatic heterocycles. The number of benzene rings is 3. The summed E-state index contributed by atoms with van der Waals surface area (Å²) in [7, 11) is 1.64. The van der Waals surface area contributed by atoms with Gasteiger partial charge in [0.25, 0.3) is 5.56 Å². The highest BCUT2D eigenvalue weighted by molar-refractivity contribution is 5.85. The van der Waals surface area contributed by atoms with Crippen LogP contribution in [0.15, 0.2) is 71.5 Å². The van der Waals surface area contributed by atoms with E-state index < -0.39 is 0 Å². The van der Waals surface area contributed by atoms with Crippen LogP contribution >= 0.6 is 0 Å². The number of rotatable bonds is 7. The Labute approximate surface area is 216 Å². The molecule has 6 heteroatoms. The maximum Gasteiger partial charge on any atom is 0.261 e. The van der Waals surface area contributed by atoms with Gasteiger partial charge in [-0.1, -0.05) is 30.3 Å². The van der Waals surface area contributed by atoms with Crippen LogP contribution in [0.5, 0.6) is 5.75 Å². The number of methoxy groups -OCH3 is 1. The van der Waals surface area contributed by atoms with Gasteiger partial charge in [0.05, 0.1) is 23.6 Å². The van der Waals surface area contributed by atoms with Gasteiger partial charge in [-0.05, 0) is 91.6 Å². The summed E-state index contributed by atoms with van der Waals surface area (Å²) in [6.07, 6.45) is 4.95. The standard InChI is InChI=1S/C31H32FN3O2/c1-37-29-10-3-2-9-26(29)30-33-28-14-13-24(23-7-4-8-25(32)16-23)17-27(28)31(36)35(30)20-22-6-5-15-34(19-22)18-21-11-12-21/h2-4,7-10,13-14,16-17,21-22H,5-6,11-12,15,18-20H2,1H3. The zero-order valence-electron chi connectivity index (χ0n) is 21.2. The maximum absolute atomic E-state index is 14.1. The summed E-state index contributed by atoms with van der Waals surface area (Å²) in [5, 5.41) is 0.547. The number of piperidine rings is 1. The second-order valence-corrected chi connectivity index (χ2v) is 10.5. The first kappa shape index (κ1) is 23.9. The third-order valence-electron chi connectivity index (χ3n) is 7.72. The molecule has 0 spiro atoms. The molecule has 37 heavy (non-hydrogen) atoms. The predicted molar refractivity (Wildman–Crippen MR) is 145 cm³/mol. The molecule has 0 amide bonds. The normalized spacial score (nSPS) is 18.3. The Morgan fingerprint density at radius 3 is 2.59 bits per heavy atom. The summed E-state index contributed by atoms with van der Waals surface area (Å²) in [5.74, 6) is 2.26. The molecule has 2 aliphatic rings. The van der Waals surface area contributed by atoms with E-state index in [4.69, 9.17) is 9.72 Å². The van der Waals surface area contributed by atoms with Crippen molar-refractivity contribution in [1.82, 2.24) is 14.5 Å². The van der Waals surface area contributed by atoms with Crippen LogP contribution in [0.25, 0.3) is 33.4 Å². The summed E-state index contributed by atoms with van der Waals surface area (Å²) < 4.78 is 21.4. The number of nitrogens with zero attached hydrogens (tertiary/aromatic N) is 3. The molecule has 5 nitrogen and oxygen atoms in total. The number of aromatic nitrogens is 2. The van der Waals surface area contributed by atoms with Crippen LogP contribution in [-0.2, 0) is 6.54 Å². The first-order valence-electron chi connectivity index (χ1n) is 13.3. The van der Waals surface area contributed by atoms with Gasteiger partial charge in [-0.2, -0.15) is 0 Å². The van der Waals surface area contributed by atoms with Gasteiger partial charge in [-0.3, -0.25) is 9.36 Å². The van der Waals surface area contributed by atoms with Crippen molar-refractivity contribution in [3.8, 4) is 28.3 Å². The number of halogens is 1. The highest BCUT2D eigenvalue weighted by Crippen LogP contribution is 2.33. The Hall–Kier alpha value is -3.51. The third kappa shape index (κ3) is 5.03. The summed E-state index contributed by atoms with van der Waals surface area (Å²) >= 11 is 0.